The van der Waals surface area contributed by atoms with Gasteiger partial charge in [0.1, 0.15) is 6.61 Å². The minimum absolute atomic E-state index is 0.0228. The third-order valence-corrected chi connectivity index (χ3v) is 7.44. The van der Waals surface area contributed by atoms with Gasteiger partial charge < -0.3 is 9.84 Å². The van der Waals surface area contributed by atoms with Gasteiger partial charge in [-0.25, -0.2) is 13.2 Å². The zero-order chi connectivity index (χ0) is 17.6. The van der Waals surface area contributed by atoms with Gasteiger partial charge >= 0.3 is 5.97 Å². The first-order valence-electron chi connectivity index (χ1n) is 7.94. The van der Waals surface area contributed by atoms with Crippen LogP contribution in [0.15, 0.2) is 39.9 Å². The number of cyclic esters (lactones) is 1. The molecule has 0 aliphatic carbocycles. The Bertz CT molecular complexity index is 907. The average Bonchev–Trinajstić information content (AvgIpc) is 3.34. The SMILES string of the molecule is O=C1OCc2ccc(S(=O)(=O)N3C[C@H](CO)[C@@H](c4ccsc4)C3)cc21. The summed E-state index contributed by atoms with van der Waals surface area (Å²) in [5.74, 6) is -0.646. The summed E-state index contributed by atoms with van der Waals surface area (Å²) in [6.07, 6.45) is 0. The second-order valence-corrected chi connectivity index (χ2v) is 9.04. The highest BCUT2D eigenvalue weighted by Gasteiger charge is 2.40. The number of rotatable bonds is 4. The topological polar surface area (TPSA) is 83.9 Å². The van der Waals surface area contributed by atoms with Gasteiger partial charge in [0.25, 0.3) is 0 Å². The molecule has 2 aromatic rings. The minimum Gasteiger partial charge on any atom is -0.457 e. The summed E-state index contributed by atoms with van der Waals surface area (Å²) >= 11 is 1.56. The van der Waals surface area contributed by atoms with E-state index in [0.29, 0.717) is 17.7 Å². The standard InChI is InChI=1S/C17H17NO5S2/c19-8-13-6-18(7-16(13)12-3-4-24-10-12)25(21,22)14-2-1-11-9-23-17(20)15(11)5-14/h1-5,10,13,16,19H,6-9H2/t13-,16-/m1/s1. The van der Waals surface area contributed by atoms with Crippen molar-refractivity contribution >= 4 is 27.3 Å². The van der Waals surface area contributed by atoms with Crippen LogP contribution in [0, 0.1) is 5.92 Å². The molecule has 25 heavy (non-hydrogen) atoms. The molecule has 2 aliphatic rings. The van der Waals surface area contributed by atoms with Crippen molar-refractivity contribution in [3.63, 3.8) is 0 Å². The second-order valence-electron chi connectivity index (χ2n) is 6.32. The van der Waals surface area contributed by atoms with Crippen molar-refractivity contribution in [2.24, 2.45) is 5.92 Å². The van der Waals surface area contributed by atoms with Gasteiger partial charge in [-0.2, -0.15) is 15.6 Å². The Hall–Kier alpha value is -1.74. The molecular weight excluding hydrogens is 362 g/mol. The van der Waals surface area contributed by atoms with Crippen molar-refractivity contribution in [1.29, 1.82) is 0 Å². The van der Waals surface area contributed by atoms with Crippen molar-refractivity contribution in [1.82, 2.24) is 4.31 Å². The van der Waals surface area contributed by atoms with Crippen molar-refractivity contribution in [3.05, 3.63) is 51.7 Å². The fourth-order valence-corrected chi connectivity index (χ4v) is 5.75. The van der Waals surface area contributed by atoms with Gasteiger partial charge in [0.15, 0.2) is 0 Å². The maximum Gasteiger partial charge on any atom is 0.338 e. The summed E-state index contributed by atoms with van der Waals surface area (Å²) in [7, 11) is -3.73. The van der Waals surface area contributed by atoms with E-state index in [0.717, 1.165) is 5.56 Å². The Kier molecular flexibility index (Phi) is 4.15. The van der Waals surface area contributed by atoms with Crippen LogP contribution in [0.4, 0.5) is 0 Å². The Morgan fingerprint density at radius 2 is 2.12 bits per heavy atom. The lowest BCUT2D eigenvalue weighted by Gasteiger charge is -2.16. The molecule has 0 radical (unpaired) electrons. The van der Waals surface area contributed by atoms with Crippen LogP contribution in [0.1, 0.15) is 27.4 Å². The van der Waals surface area contributed by atoms with Gasteiger partial charge in [0.2, 0.25) is 10.0 Å². The molecule has 1 N–H and O–H groups in total. The highest BCUT2D eigenvalue weighted by atomic mass is 32.2. The van der Waals surface area contributed by atoms with Crippen LogP contribution in [0.5, 0.6) is 0 Å². The van der Waals surface area contributed by atoms with E-state index in [9.17, 15) is 18.3 Å². The van der Waals surface area contributed by atoms with Gasteiger partial charge in [-0.05, 0) is 34.5 Å². The van der Waals surface area contributed by atoms with Gasteiger partial charge in [-0.3, -0.25) is 0 Å². The lowest BCUT2D eigenvalue weighted by molar-refractivity contribution is 0.0535. The number of fused-ring (bicyclic) bond motifs is 1. The van der Waals surface area contributed by atoms with E-state index in [1.165, 1.54) is 16.4 Å². The predicted molar refractivity (Wildman–Crippen MR) is 92.0 cm³/mol. The molecule has 0 bridgehead atoms. The van der Waals surface area contributed by atoms with Crippen LogP contribution in [-0.4, -0.2) is 43.5 Å². The number of benzene rings is 1. The van der Waals surface area contributed by atoms with E-state index in [1.807, 2.05) is 16.8 Å². The summed E-state index contributed by atoms with van der Waals surface area (Å²) in [6, 6.07) is 6.51. The number of carbonyl (C=O) groups is 1. The van der Waals surface area contributed by atoms with E-state index in [-0.39, 0.29) is 36.5 Å². The van der Waals surface area contributed by atoms with Crippen molar-refractivity contribution in [2.45, 2.75) is 17.4 Å². The molecule has 1 fully saturated rings. The summed E-state index contributed by atoms with van der Waals surface area (Å²) in [5, 5.41) is 13.6. The fourth-order valence-electron chi connectivity index (χ4n) is 3.48. The summed E-state index contributed by atoms with van der Waals surface area (Å²) in [5.41, 5.74) is 2.07. The zero-order valence-corrected chi connectivity index (χ0v) is 14.9. The number of ether oxygens (including phenoxy) is 1. The Morgan fingerprint density at radius 3 is 2.84 bits per heavy atom. The molecule has 0 spiro atoms. The van der Waals surface area contributed by atoms with Gasteiger partial charge in [0.05, 0.1) is 10.5 Å². The van der Waals surface area contributed by atoms with Gasteiger partial charge in [-0.15, -0.1) is 0 Å². The molecule has 6 nitrogen and oxygen atoms in total. The summed E-state index contributed by atoms with van der Waals surface area (Å²) < 4.78 is 32.4. The maximum atomic E-state index is 13.0. The van der Waals surface area contributed by atoms with Crippen molar-refractivity contribution in [3.8, 4) is 0 Å². The summed E-state index contributed by atoms with van der Waals surface area (Å²) in [4.78, 5) is 11.8. The highest BCUT2D eigenvalue weighted by molar-refractivity contribution is 7.89. The molecule has 0 unspecified atom stereocenters. The number of esters is 1. The van der Waals surface area contributed by atoms with E-state index in [1.54, 1.807) is 17.4 Å². The molecule has 132 valence electrons. The number of sulfonamides is 1. The first kappa shape index (κ1) is 16.7. The molecule has 0 saturated carbocycles. The van der Waals surface area contributed by atoms with Crippen LogP contribution in [0.25, 0.3) is 0 Å². The largest absolute Gasteiger partial charge is 0.457 e. The molecule has 1 aromatic heterocycles. The second kappa shape index (κ2) is 6.21. The number of hydrogen-bond acceptors (Lipinski definition) is 6. The van der Waals surface area contributed by atoms with E-state index in [2.05, 4.69) is 0 Å². The molecular formula is C17H17NO5S2. The molecule has 4 rings (SSSR count). The molecule has 8 heteroatoms. The number of aliphatic hydroxyl groups is 1. The summed E-state index contributed by atoms with van der Waals surface area (Å²) in [6.45, 7) is 0.709. The number of carbonyl (C=O) groups excluding carboxylic acids is 1. The molecule has 0 amide bonds. The van der Waals surface area contributed by atoms with Crippen LogP contribution >= 0.6 is 11.3 Å². The fraction of sp³-hybridized carbons (Fsp3) is 0.353. The van der Waals surface area contributed by atoms with E-state index in [4.69, 9.17) is 4.74 Å². The lowest BCUT2D eigenvalue weighted by Crippen LogP contribution is -2.29. The monoisotopic (exact) mass is 379 g/mol. The normalized spacial score (nSPS) is 23.6. The first-order valence-corrected chi connectivity index (χ1v) is 10.3. The number of thiophene rings is 1. The highest BCUT2D eigenvalue weighted by Crippen LogP contribution is 2.36. The molecule has 2 aliphatic heterocycles. The van der Waals surface area contributed by atoms with Gasteiger partial charge in [-0.1, -0.05) is 6.07 Å². The lowest BCUT2D eigenvalue weighted by atomic mass is 9.92. The van der Waals surface area contributed by atoms with Crippen molar-refractivity contribution in [2.75, 3.05) is 19.7 Å². The van der Waals surface area contributed by atoms with E-state index >= 15 is 0 Å². The smallest absolute Gasteiger partial charge is 0.338 e. The molecule has 2 atom stereocenters. The van der Waals surface area contributed by atoms with Crippen LogP contribution < -0.4 is 0 Å². The Morgan fingerprint density at radius 1 is 1.28 bits per heavy atom. The quantitative estimate of drug-likeness (QED) is 0.819. The number of nitrogens with zero attached hydrogens (tertiary/aromatic N) is 1. The van der Waals surface area contributed by atoms with Crippen LogP contribution in [0.2, 0.25) is 0 Å². The van der Waals surface area contributed by atoms with Crippen LogP contribution in [-0.2, 0) is 21.4 Å². The third-order valence-electron chi connectivity index (χ3n) is 4.91. The molecule has 1 aromatic carbocycles. The average molecular weight is 379 g/mol. The maximum absolute atomic E-state index is 13.0. The Balaban J connectivity index is 1.65. The number of aliphatic hydroxyl groups excluding tert-OH is 1. The molecule has 3 heterocycles. The van der Waals surface area contributed by atoms with Crippen molar-refractivity contribution < 1.29 is 23.1 Å². The van der Waals surface area contributed by atoms with E-state index < -0.39 is 16.0 Å². The first-order chi connectivity index (χ1) is 12.0. The zero-order valence-electron chi connectivity index (χ0n) is 13.3. The van der Waals surface area contributed by atoms with Crippen LogP contribution in [0.3, 0.4) is 0 Å². The minimum atomic E-state index is -3.73. The predicted octanol–water partition coefficient (Wildman–Crippen LogP) is 1.82. The third kappa shape index (κ3) is 2.79. The number of hydrogen-bond donors (Lipinski definition) is 1. The Labute approximate surface area is 149 Å². The molecule has 1 saturated heterocycles. The van der Waals surface area contributed by atoms with Gasteiger partial charge in [0, 0.05) is 37.1 Å².